The number of aryl methyl sites for hydroxylation is 2. The van der Waals surface area contributed by atoms with Gasteiger partial charge in [0.15, 0.2) is 0 Å². The van der Waals surface area contributed by atoms with E-state index < -0.39 is 0 Å². The third-order valence-electron chi connectivity index (χ3n) is 2.94. The molecule has 0 radical (unpaired) electrons. The van der Waals surface area contributed by atoms with E-state index in [1.54, 1.807) is 12.1 Å². The molecule has 1 aromatic carbocycles. The minimum atomic E-state index is -0.132. The highest BCUT2D eigenvalue weighted by Gasteiger charge is 2.19. The molecule has 0 spiro atoms. The average Bonchev–Trinajstić information content (AvgIpc) is 2.99. The van der Waals surface area contributed by atoms with Gasteiger partial charge in [-0.15, -0.1) is 0 Å². The highest BCUT2D eigenvalue weighted by molar-refractivity contribution is 5.26. The zero-order chi connectivity index (χ0) is 10.7. The quantitative estimate of drug-likeness (QED) is 0.732. The highest BCUT2D eigenvalue weighted by Crippen LogP contribution is 2.18. The van der Waals surface area contributed by atoms with E-state index in [1.807, 2.05) is 13.0 Å². The van der Waals surface area contributed by atoms with Crippen molar-refractivity contribution in [3.05, 3.63) is 35.1 Å². The van der Waals surface area contributed by atoms with Gasteiger partial charge in [0.05, 0.1) is 0 Å². The molecule has 2 heteroatoms. The van der Waals surface area contributed by atoms with Crippen molar-refractivity contribution >= 4 is 0 Å². The third-order valence-corrected chi connectivity index (χ3v) is 2.94. The van der Waals surface area contributed by atoms with Gasteiger partial charge in [0, 0.05) is 6.04 Å². The monoisotopic (exact) mass is 207 g/mol. The van der Waals surface area contributed by atoms with Crippen LogP contribution in [-0.2, 0) is 6.42 Å². The molecular formula is C13H18FN. The second kappa shape index (κ2) is 4.75. The van der Waals surface area contributed by atoms with Gasteiger partial charge in [0.25, 0.3) is 0 Å². The highest BCUT2D eigenvalue weighted by atomic mass is 19.1. The van der Waals surface area contributed by atoms with Crippen molar-refractivity contribution in [1.29, 1.82) is 0 Å². The summed E-state index contributed by atoms with van der Waals surface area (Å²) in [6.07, 6.45) is 4.87. The van der Waals surface area contributed by atoms with Crippen molar-refractivity contribution < 1.29 is 4.39 Å². The molecule has 1 nitrogen and oxygen atoms in total. The molecule has 1 saturated carbocycles. The molecule has 2 rings (SSSR count). The number of nitrogens with one attached hydrogen (secondary N) is 1. The van der Waals surface area contributed by atoms with E-state index in [2.05, 4.69) is 5.32 Å². The third kappa shape index (κ3) is 3.31. The predicted octanol–water partition coefficient (Wildman–Crippen LogP) is 2.82. The Kier molecular flexibility index (Phi) is 3.37. The molecule has 0 heterocycles. The Labute approximate surface area is 90.7 Å². The molecule has 0 amide bonds. The van der Waals surface area contributed by atoms with Gasteiger partial charge in [-0.05, 0) is 62.4 Å². The summed E-state index contributed by atoms with van der Waals surface area (Å²) < 4.78 is 12.8. The van der Waals surface area contributed by atoms with Crippen molar-refractivity contribution in [2.45, 2.75) is 38.6 Å². The Morgan fingerprint density at radius 3 is 2.87 bits per heavy atom. The number of hydrogen-bond acceptors (Lipinski definition) is 1. The summed E-state index contributed by atoms with van der Waals surface area (Å²) in [5, 5.41) is 3.48. The van der Waals surface area contributed by atoms with Gasteiger partial charge in [-0.1, -0.05) is 6.07 Å². The summed E-state index contributed by atoms with van der Waals surface area (Å²) in [4.78, 5) is 0. The topological polar surface area (TPSA) is 12.0 Å². The Balaban J connectivity index is 1.76. The van der Waals surface area contributed by atoms with Gasteiger partial charge in [0.1, 0.15) is 5.82 Å². The summed E-state index contributed by atoms with van der Waals surface area (Å²) in [6, 6.07) is 5.86. The van der Waals surface area contributed by atoms with E-state index in [9.17, 15) is 4.39 Å². The molecule has 15 heavy (non-hydrogen) atoms. The summed E-state index contributed by atoms with van der Waals surface area (Å²) in [5.41, 5.74) is 2.34. The first-order chi connectivity index (χ1) is 7.25. The maximum absolute atomic E-state index is 12.8. The van der Waals surface area contributed by atoms with Crippen molar-refractivity contribution in [3.63, 3.8) is 0 Å². The molecule has 0 bridgehead atoms. The molecule has 1 N–H and O–H groups in total. The molecule has 82 valence electrons. The molecule has 1 fully saturated rings. The summed E-state index contributed by atoms with van der Waals surface area (Å²) >= 11 is 0. The standard InChI is InChI=1S/C13H18FN/c1-10-9-12(14)5-4-11(10)3-2-8-15-13-6-7-13/h4-5,9,13,15H,2-3,6-8H2,1H3. The molecule has 1 aliphatic rings. The largest absolute Gasteiger partial charge is 0.314 e. The number of halogens is 1. The van der Waals surface area contributed by atoms with E-state index in [4.69, 9.17) is 0 Å². The van der Waals surface area contributed by atoms with Gasteiger partial charge < -0.3 is 5.32 Å². The van der Waals surface area contributed by atoms with Crippen molar-refractivity contribution in [1.82, 2.24) is 5.32 Å². The first kappa shape index (κ1) is 10.6. The number of benzene rings is 1. The minimum Gasteiger partial charge on any atom is -0.314 e. The zero-order valence-electron chi connectivity index (χ0n) is 9.22. The van der Waals surface area contributed by atoms with Crippen LogP contribution in [-0.4, -0.2) is 12.6 Å². The maximum atomic E-state index is 12.8. The molecule has 0 aromatic heterocycles. The van der Waals surface area contributed by atoms with Gasteiger partial charge in [-0.3, -0.25) is 0 Å². The van der Waals surface area contributed by atoms with Gasteiger partial charge in [0.2, 0.25) is 0 Å². The first-order valence-corrected chi connectivity index (χ1v) is 5.74. The van der Waals surface area contributed by atoms with Crippen LogP contribution in [0.5, 0.6) is 0 Å². The van der Waals surface area contributed by atoms with Crippen LogP contribution in [0.15, 0.2) is 18.2 Å². The summed E-state index contributed by atoms with van der Waals surface area (Å²) in [7, 11) is 0. The molecule has 0 aliphatic heterocycles. The Morgan fingerprint density at radius 2 is 2.20 bits per heavy atom. The van der Waals surface area contributed by atoms with E-state index in [0.717, 1.165) is 31.0 Å². The lowest BCUT2D eigenvalue weighted by atomic mass is 10.0. The van der Waals surface area contributed by atoms with E-state index in [-0.39, 0.29) is 5.82 Å². The fourth-order valence-electron chi connectivity index (χ4n) is 1.81. The average molecular weight is 207 g/mol. The smallest absolute Gasteiger partial charge is 0.123 e. The summed E-state index contributed by atoms with van der Waals surface area (Å²) in [6.45, 7) is 3.06. The predicted molar refractivity (Wildman–Crippen MR) is 60.5 cm³/mol. The lowest BCUT2D eigenvalue weighted by Gasteiger charge is -2.06. The Morgan fingerprint density at radius 1 is 1.40 bits per heavy atom. The van der Waals surface area contributed by atoms with Crippen LogP contribution in [0.1, 0.15) is 30.4 Å². The molecule has 0 unspecified atom stereocenters. The van der Waals surface area contributed by atoms with Crippen LogP contribution in [0.2, 0.25) is 0 Å². The lowest BCUT2D eigenvalue weighted by Crippen LogP contribution is -2.17. The van der Waals surface area contributed by atoms with Crippen LogP contribution in [0.25, 0.3) is 0 Å². The molecule has 1 aliphatic carbocycles. The zero-order valence-corrected chi connectivity index (χ0v) is 9.22. The van der Waals surface area contributed by atoms with Crippen LogP contribution < -0.4 is 5.32 Å². The van der Waals surface area contributed by atoms with Gasteiger partial charge in [-0.2, -0.15) is 0 Å². The van der Waals surface area contributed by atoms with Crippen molar-refractivity contribution in [2.24, 2.45) is 0 Å². The van der Waals surface area contributed by atoms with E-state index in [1.165, 1.54) is 18.4 Å². The number of rotatable bonds is 5. The van der Waals surface area contributed by atoms with Crippen LogP contribution in [0.4, 0.5) is 4.39 Å². The Bertz CT molecular complexity index is 331. The fraction of sp³-hybridized carbons (Fsp3) is 0.538. The SMILES string of the molecule is Cc1cc(F)ccc1CCCNC1CC1. The van der Waals surface area contributed by atoms with Crippen molar-refractivity contribution in [3.8, 4) is 0 Å². The fourth-order valence-corrected chi connectivity index (χ4v) is 1.81. The van der Waals surface area contributed by atoms with Gasteiger partial charge >= 0.3 is 0 Å². The van der Waals surface area contributed by atoms with Crippen molar-refractivity contribution in [2.75, 3.05) is 6.54 Å². The second-order valence-electron chi connectivity index (χ2n) is 4.40. The Hall–Kier alpha value is -0.890. The van der Waals surface area contributed by atoms with Crippen LogP contribution in [0, 0.1) is 12.7 Å². The summed E-state index contributed by atoms with van der Waals surface area (Å²) in [5.74, 6) is -0.132. The van der Waals surface area contributed by atoms with Crippen LogP contribution >= 0.6 is 0 Å². The maximum Gasteiger partial charge on any atom is 0.123 e. The molecule has 1 aromatic rings. The first-order valence-electron chi connectivity index (χ1n) is 5.74. The minimum absolute atomic E-state index is 0.132. The molecular weight excluding hydrogens is 189 g/mol. The second-order valence-corrected chi connectivity index (χ2v) is 4.40. The van der Waals surface area contributed by atoms with Gasteiger partial charge in [-0.25, -0.2) is 4.39 Å². The molecule has 0 saturated heterocycles. The lowest BCUT2D eigenvalue weighted by molar-refractivity contribution is 0.622. The van der Waals surface area contributed by atoms with E-state index in [0.29, 0.717) is 0 Å². The van der Waals surface area contributed by atoms with Crippen LogP contribution in [0.3, 0.4) is 0 Å². The van der Waals surface area contributed by atoms with E-state index >= 15 is 0 Å². The number of hydrogen-bond donors (Lipinski definition) is 1. The normalized spacial score (nSPS) is 15.6. The molecule has 0 atom stereocenters.